The van der Waals surface area contributed by atoms with Crippen LogP contribution in [0.3, 0.4) is 0 Å². The van der Waals surface area contributed by atoms with Gasteiger partial charge in [-0.1, -0.05) is 19.1 Å². The van der Waals surface area contributed by atoms with Crippen molar-refractivity contribution in [1.29, 1.82) is 0 Å². The van der Waals surface area contributed by atoms with Gasteiger partial charge in [0.2, 0.25) is 5.91 Å². The number of carbonyl (C=O) groups is 1. The second-order valence-corrected chi connectivity index (χ2v) is 5.10. The van der Waals surface area contributed by atoms with E-state index in [1.54, 1.807) is 24.5 Å². The summed E-state index contributed by atoms with van der Waals surface area (Å²) >= 11 is 5.03. The first-order valence-electron chi connectivity index (χ1n) is 5.56. The van der Waals surface area contributed by atoms with Crippen molar-refractivity contribution in [2.24, 2.45) is 17.1 Å². The summed E-state index contributed by atoms with van der Waals surface area (Å²) in [6, 6.07) is 3.56. The first-order chi connectivity index (χ1) is 8.04. The third-order valence-corrected chi connectivity index (χ3v) is 3.61. The van der Waals surface area contributed by atoms with Crippen molar-refractivity contribution >= 4 is 28.8 Å². The highest BCUT2D eigenvalue weighted by atomic mass is 32.1. The highest BCUT2D eigenvalue weighted by molar-refractivity contribution is 7.80. The van der Waals surface area contributed by atoms with Crippen LogP contribution >= 0.6 is 12.2 Å². The Kier molecular flexibility index (Phi) is 3.11. The van der Waals surface area contributed by atoms with Crippen LogP contribution in [0.5, 0.6) is 0 Å². The lowest BCUT2D eigenvalue weighted by molar-refractivity contribution is -0.127. The highest BCUT2D eigenvalue weighted by Gasteiger charge is 2.50. The van der Waals surface area contributed by atoms with Crippen LogP contribution in [0, 0.1) is 11.3 Å². The summed E-state index contributed by atoms with van der Waals surface area (Å²) in [4.78, 5) is 16.4. The van der Waals surface area contributed by atoms with Gasteiger partial charge in [0.05, 0.1) is 22.3 Å². The average molecular weight is 249 g/mol. The van der Waals surface area contributed by atoms with Gasteiger partial charge in [-0.3, -0.25) is 9.78 Å². The predicted molar refractivity (Wildman–Crippen MR) is 70.5 cm³/mol. The molecule has 17 heavy (non-hydrogen) atoms. The van der Waals surface area contributed by atoms with Crippen LogP contribution in [0.2, 0.25) is 0 Å². The van der Waals surface area contributed by atoms with E-state index in [-0.39, 0.29) is 10.9 Å². The molecule has 0 bridgehead atoms. The van der Waals surface area contributed by atoms with E-state index >= 15 is 0 Å². The Balaban J connectivity index is 2.12. The molecule has 1 aromatic rings. The van der Waals surface area contributed by atoms with Crippen molar-refractivity contribution < 1.29 is 4.79 Å². The van der Waals surface area contributed by atoms with E-state index in [0.717, 1.165) is 12.8 Å². The molecule has 2 rings (SSSR count). The van der Waals surface area contributed by atoms with Crippen LogP contribution in [0.15, 0.2) is 24.5 Å². The molecule has 0 unspecified atom stereocenters. The summed E-state index contributed by atoms with van der Waals surface area (Å²) in [5.74, 6) is 0.382. The summed E-state index contributed by atoms with van der Waals surface area (Å²) in [6.45, 7) is 2.09. The summed E-state index contributed by atoms with van der Waals surface area (Å²) in [5, 5.41) is 2.82. The normalized spacial score (nSPS) is 27.0. The minimum atomic E-state index is -0.662. The van der Waals surface area contributed by atoms with Gasteiger partial charge in [0.15, 0.2) is 0 Å². The van der Waals surface area contributed by atoms with Gasteiger partial charge in [0.1, 0.15) is 0 Å². The fourth-order valence-electron chi connectivity index (χ4n) is 2.32. The van der Waals surface area contributed by atoms with Crippen molar-refractivity contribution in [1.82, 2.24) is 4.98 Å². The number of hydrogen-bond donors (Lipinski definition) is 2. The minimum Gasteiger partial charge on any atom is -0.392 e. The number of nitrogens with zero attached hydrogens (tertiary/aromatic N) is 1. The Bertz CT molecular complexity index is 440. The predicted octanol–water partition coefficient (Wildman–Crippen LogP) is 1.72. The van der Waals surface area contributed by atoms with Crippen LogP contribution in [0.1, 0.15) is 19.8 Å². The molecule has 0 aliphatic heterocycles. The molecular weight excluding hydrogens is 234 g/mol. The van der Waals surface area contributed by atoms with Gasteiger partial charge < -0.3 is 11.1 Å². The van der Waals surface area contributed by atoms with Crippen LogP contribution in [-0.2, 0) is 4.79 Å². The van der Waals surface area contributed by atoms with Crippen molar-refractivity contribution in [3.05, 3.63) is 24.5 Å². The Morgan fingerprint density at radius 1 is 1.65 bits per heavy atom. The summed E-state index contributed by atoms with van der Waals surface area (Å²) in [5.41, 5.74) is 5.72. The molecule has 5 heteroatoms. The fourth-order valence-corrected chi connectivity index (χ4v) is 2.58. The first kappa shape index (κ1) is 12.0. The Morgan fingerprint density at radius 2 is 2.35 bits per heavy atom. The Labute approximate surface area is 106 Å². The maximum Gasteiger partial charge on any atom is 0.237 e. The summed E-state index contributed by atoms with van der Waals surface area (Å²) < 4.78 is 0. The number of aromatic nitrogens is 1. The zero-order valence-electron chi connectivity index (χ0n) is 9.64. The molecule has 1 fully saturated rings. The number of carbonyl (C=O) groups excluding carboxylic acids is 1. The van der Waals surface area contributed by atoms with Crippen LogP contribution < -0.4 is 11.1 Å². The van der Waals surface area contributed by atoms with Gasteiger partial charge in [-0.2, -0.15) is 0 Å². The molecule has 0 radical (unpaired) electrons. The number of pyridine rings is 1. The highest BCUT2D eigenvalue weighted by Crippen LogP contribution is 2.46. The van der Waals surface area contributed by atoms with Gasteiger partial charge >= 0.3 is 0 Å². The maximum atomic E-state index is 12.2. The topological polar surface area (TPSA) is 68.0 Å². The lowest BCUT2D eigenvalue weighted by Gasteiger charge is -2.44. The van der Waals surface area contributed by atoms with E-state index in [9.17, 15) is 4.79 Å². The standard InChI is InChI=1S/C12H15N3OS/c1-8-5-12(6-8,10(13)17)11(16)15-9-3-2-4-14-7-9/h2-4,7-8H,5-6H2,1H3,(H2,13,17)(H,15,16). The van der Waals surface area contributed by atoms with Crippen molar-refractivity contribution in [2.45, 2.75) is 19.8 Å². The van der Waals surface area contributed by atoms with Crippen molar-refractivity contribution in [3.8, 4) is 0 Å². The van der Waals surface area contributed by atoms with Crippen LogP contribution in [0.25, 0.3) is 0 Å². The SMILES string of the molecule is CC1CC(C(=O)Nc2cccnc2)(C(N)=S)C1. The third kappa shape index (κ3) is 2.15. The number of amides is 1. The second-order valence-electron chi connectivity index (χ2n) is 4.66. The van der Waals surface area contributed by atoms with Crippen LogP contribution in [0.4, 0.5) is 5.69 Å². The smallest absolute Gasteiger partial charge is 0.237 e. The molecule has 4 nitrogen and oxygen atoms in total. The maximum absolute atomic E-state index is 12.2. The number of hydrogen-bond acceptors (Lipinski definition) is 3. The van der Waals surface area contributed by atoms with E-state index in [0.29, 0.717) is 11.6 Å². The number of nitrogens with two attached hydrogens (primary N) is 1. The number of thiocarbonyl (C=S) groups is 1. The Morgan fingerprint density at radius 3 is 2.82 bits per heavy atom. The zero-order valence-corrected chi connectivity index (χ0v) is 10.5. The number of nitrogens with one attached hydrogen (secondary N) is 1. The van der Waals surface area contributed by atoms with Crippen LogP contribution in [-0.4, -0.2) is 15.9 Å². The van der Waals surface area contributed by atoms with E-state index in [4.69, 9.17) is 18.0 Å². The molecular formula is C12H15N3OS. The largest absolute Gasteiger partial charge is 0.392 e. The van der Waals surface area contributed by atoms with Gasteiger partial charge in [-0.05, 0) is 30.9 Å². The summed E-state index contributed by atoms with van der Waals surface area (Å²) in [7, 11) is 0. The zero-order chi connectivity index (χ0) is 12.5. The van der Waals surface area contributed by atoms with Gasteiger partial charge in [-0.25, -0.2) is 0 Å². The molecule has 3 N–H and O–H groups in total. The molecule has 1 aliphatic rings. The third-order valence-electron chi connectivity index (χ3n) is 3.22. The molecule has 1 aromatic heterocycles. The molecule has 90 valence electrons. The van der Waals surface area contributed by atoms with E-state index in [1.807, 2.05) is 0 Å². The quantitative estimate of drug-likeness (QED) is 0.800. The Hall–Kier alpha value is -1.49. The second kappa shape index (κ2) is 4.41. The lowest BCUT2D eigenvalue weighted by Crippen LogP contribution is -2.53. The first-order valence-corrected chi connectivity index (χ1v) is 5.97. The van der Waals surface area contributed by atoms with Gasteiger partial charge in [-0.15, -0.1) is 0 Å². The molecule has 1 heterocycles. The molecule has 0 atom stereocenters. The van der Waals surface area contributed by atoms with Gasteiger partial charge in [0.25, 0.3) is 0 Å². The number of rotatable bonds is 3. The molecule has 1 saturated carbocycles. The lowest BCUT2D eigenvalue weighted by atomic mass is 9.62. The van der Waals surface area contributed by atoms with Gasteiger partial charge in [0, 0.05) is 6.20 Å². The molecule has 0 aromatic carbocycles. The van der Waals surface area contributed by atoms with E-state index in [1.165, 1.54) is 0 Å². The molecule has 0 saturated heterocycles. The average Bonchev–Trinajstić information content (AvgIpc) is 2.25. The number of anilines is 1. The van der Waals surface area contributed by atoms with Crippen molar-refractivity contribution in [2.75, 3.05) is 5.32 Å². The van der Waals surface area contributed by atoms with E-state index in [2.05, 4.69) is 17.2 Å². The monoisotopic (exact) mass is 249 g/mol. The van der Waals surface area contributed by atoms with Crippen molar-refractivity contribution in [3.63, 3.8) is 0 Å². The van der Waals surface area contributed by atoms with E-state index < -0.39 is 5.41 Å². The summed E-state index contributed by atoms with van der Waals surface area (Å²) in [6.07, 6.45) is 4.72. The molecule has 0 spiro atoms. The fraction of sp³-hybridized carbons (Fsp3) is 0.417. The molecule has 1 amide bonds. The molecule has 1 aliphatic carbocycles. The minimum absolute atomic E-state index is 0.115.